The molecule has 1 aromatic heterocycles. The van der Waals surface area contributed by atoms with Crippen molar-refractivity contribution in [2.45, 2.75) is 32.7 Å². The van der Waals surface area contributed by atoms with Gasteiger partial charge in [0.1, 0.15) is 5.75 Å². The van der Waals surface area contributed by atoms with E-state index < -0.39 is 0 Å². The Kier molecular flexibility index (Phi) is 6.07. The number of carbonyl (C=O) groups excluding carboxylic acids is 2. The van der Waals surface area contributed by atoms with E-state index in [-0.39, 0.29) is 30.2 Å². The van der Waals surface area contributed by atoms with Crippen LogP contribution in [0.4, 0.5) is 5.69 Å². The Balaban J connectivity index is 1.38. The minimum absolute atomic E-state index is 0.0355. The normalized spacial score (nSPS) is 15.7. The number of ether oxygens (including phenoxy) is 1. The highest BCUT2D eigenvalue weighted by Crippen LogP contribution is 2.33. The van der Waals surface area contributed by atoms with Crippen LogP contribution in [0.25, 0.3) is 0 Å². The molecule has 31 heavy (non-hydrogen) atoms. The molecule has 3 aromatic rings. The minimum atomic E-state index is -0.341. The second-order valence-electron chi connectivity index (χ2n) is 7.91. The lowest BCUT2D eigenvalue weighted by molar-refractivity contribution is -0.134. The van der Waals surface area contributed by atoms with E-state index >= 15 is 0 Å². The van der Waals surface area contributed by atoms with Crippen LogP contribution < -0.4 is 10.1 Å². The average molecular weight is 418 g/mol. The number of anilines is 1. The first-order valence-electron chi connectivity index (χ1n) is 10.4. The van der Waals surface area contributed by atoms with Gasteiger partial charge in [0.2, 0.25) is 0 Å². The zero-order valence-corrected chi connectivity index (χ0v) is 17.8. The van der Waals surface area contributed by atoms with Crippen molar-refractivity contribution in [3.05, 3.63) is 83.3 Å². The minimum Gasteiger partial charge on any atom is -0.484 e. The molecule has 1 fully saturated rings. The predicted octanol–water partition coefficient (Wildman–Crippen LogP) is 4.89. The van der Waals surface area contributed by atoms with Crippen LogP contribution in [0.15, 0.2) is 65.3 Å². The van der Waals surface area contributed by atoms with Gasteiger partial charge in [0.15, 0.2) is 12.4 Å². The van der Waals surface area contributed by atoms with E-state index in [4.69, 9.17) is 9.15 Å². The monoisotopic (exact) mass is 418 g/mol. The Bertz CT molecular complexity index is 1050. The van der Waals surface area contributed by atoms with Gasteiger partial charge in [-0.25, -0.2) is 0 Å². The summed E-state index contributed by atoms with van der Waals surface area (Å²) in [5.41, 5.74) is 4.17. The molecule has 0 aliphatic carbocycles. The third-order valence-corrected chi connectivity index (χ3v) is 5.40. The molecule has 1 aliphatic heterocycles. The average Bonchev–Trinajstić information content (AvgIpc) is 3.43. The van der Waals surface area contributed by atoms with E-state index in [1.165, 1.54) is 23.0 Å². The van der Waals surface area contributed by atoms with E-state index in [1.807, 2.05) is 4.90 Å². The van der Waals surface area contributed by atoms with E-state index in [0.29, 0.717) is 11.4 Å². The van der Waals surface area contributed by atoms with Gasteiger partial charge in [0, 0.05) is 18.3 Å². The molecular formula is C25H26N2O4. The van der Waals surface area contributed by atoms with Crippen LogP contribution in [-0.2, 0) is 4.79 Å². The van der Waals surface area contributed by atoms with Gasteiger partial charge in [-0.05, 0) is 56.5 Å². The molecule has 2 aromatic carbocycles. The fourth-order valence-electron chi connectivity index (χ4n) is 4.11. The summed E-state index contributed by atoms with van der Waals surface area (Å²) < 4.78 is 10.9. The van der Waals surface area contributed by atoms with Crippen molar-refractivity contribution < 1.29 is 18.7 Å². The van der Waals surface area contributed by atoms with Gasteiger partial charge in [-0.15, -0.1) is 0 Å². The number of carbonyl (C=O) groups is 2. The van der Waals surface area contributed by atoms with E-state index in [2.05, 4.69) is 37.4 Å². The molecule has 0 spiro atoms. The van der Waals surface area contributed by atoms with Gasteiger partial charge < -0.3 is 19.4 Å². The topological polar surface area (TPSA) is 71.8 Å². The largest absolute Gasteiger partial charge is 0.484 e. The van der Waals surface area contributed by atoms with Gasteiger partial charge in [0.05, 0.1) is 12.3 Å². The lowest BCUT2D eigenvalue weighted by Gasteiger charge is -2.26. The van der Waals surface area contributed by atoms with Crippen molar-refractivity contribution in [2.75, 3.05) is 18.5 Å². The maximum atomic E-state index is 12.9. The molecule has 2 amide bonds. The Hall–Kier alpha value is -3.54. The van der Waals surface area contributed by atoms with Crippen molar-refractivity contribution >= 4 is 17.5 Å². The molecule has 6 heteroatoms. The summed E-state index contributed by atoms with van der Waals surface area (Å²) in [5, 5.41) is 2.76. The molecule has 0 saturated carbocycles. The molecule has 4 rings (SSSR count). The number of hydrogen-bond acceptors (Lipinski definition) is 4. The number of aryl methyl sites for hydroxylation is 2. The number of furan rings is 1. The van der Waals surface area contributed by atoms with Gasteiger partial charge >= 0.3 is 0 Å². The maximum Gasteiger partial charge on any atom is 0.291 e. The van der Waals surface area contributed by atoms with Crippen molar-refractivity contribution in [2.24, 2.45) is 0 Å². The number of hydrogen-bond donors (Lipinski definition) is 1. The Morgan fingerprint density at radius 1 is 1.10 bits per heavy atom. The molecular weight excluding hydrogens is 392 g/mol. The molecule has 1 N–H and O–H groups in total. The molecule has 2 heterocycles. The standard InChI is InChI=1S/C25H26N2O4/c1-17-12-18(2)14-19(13-17)22-8-4-10-27(22)24(28)16-31-21-7-3-6-20(15-21)26-25(29)23-9-5-11-30-23/h3,5-7,9,11-15,22H,4,8,10,16H2,1-2H3,(H,26,29). The lowest BCUT2D eigenvalue weighted by Crippen LogP contribution is -2.34. The van der Waals surface area contributed by atoms with Crippen LogP contribution in [0, 0.1) is 13.8 Å². The highest BCUT2D eigenvalue weighted by molar-refractivity contribution is 6.02. The molecule has 1 aliphatic rings. The van der Waals surface area contributed by atoms with Crippen LogP contribution in [0.2, 0.25) is 0 Å². The van der Waals surface area contributed by atoms with Crippen molar-refractivity contribution in [3.8, 4) is 5.75 Å². The Labute approximate surface area is 181 Å². The molecule has 0 radical (unpaired) electrons. The van der Waals surface area contributed by atoms with Gasteiger partial charge in [-0.1, -0.05) is 35.4 Å². The molecule has 6 nitrogen and oxygen atoms in total. The number of rotatable bonds is 6. The summed E-state index contributed by atoms with van der Waals surface area (Å²) in [5.74, 6) is 0.374. The first-order valence-corrected chi connectivity index (χ1v) is 10.4. The zero-order valence-electron chi connectivity index (χ0n) is 17.8. The smallest absolute Gasteiger partial charge is 0.291 e. The predicted molar refractivity (Wildman–Crippen MR) is 118 cm³/mol. The molecule has 0 bridgehead atoms. The number of benzene rings is 2. The first-order chi connectivity index (χ1) is 15.0. The number of likely N-dealkylation sites (tertiary alicyclic amines) is 1. The van der Waals surface area contributed by atoms with Gasteiger partial charge in [-0.2, -0.15) is 0 Å². The summed E-state index contributed by atoms with van der Waals surface area (Å²) in [4.78, 5) is 27.0. The maximum absolute atomic E-state index is 12.9. The highest BCUT2D eigenvalue weighted by atomic mass is 16.5. The molecule has 1 unspecified atom stereocenters. The van der Waals surface area contributed by atoms with Crippen LogP contribution in [0.1, 0.15) is 46.1 Å². The fraction of sp³-hybridized carbons (Fsp3) is 0.280. The van der Waals surface area contributed by atoms with E-state index in [1.54, 1.807) is 36.4 Å². The highest BCUT2D eigenvalue weighted by Gasteiger charge is 2.30. The van der Waals surface area contributed by atoms with Gasteiger partial charge in [-0.3, -0.25) is 9.59 Å². The summed E-state index contributed by atoms with van der Waals surface area (Å²) in [6.07, 6.45) is 3.39. The summed E-state index contributed by atoms with van der Waals surface area (Å²) in [6.45, 7) is 4.85. The summed E-state index contributed by atoms with van der Waals surface area (Å²) in [7, 11) is 0. The molecule has 1 atom stereocenters. The van der Waals surface area contributed by atoms with Gasteiger partial charge in [0.25, 0.3) is 11.8 Å². The van der Waals surface area contributed by atoms with E-state index in [0.717, 1.165) is 19.4 Å². The Morgan fingerprint density at radius 2 is 1.90 bits per heavy atom. The van der Waals surface area contributed by atoms with Crippen LogP contribution in [0.3, 0.4) is 0 Å². The quantitative estimate of drug-likeness (QED) is 0.619. The van der Waals surface area contributed by atoms with Crippen LogP contribution in [-0.4, -0.2) is 29.9 Å². The van der Waals surface area contributed by atoms with Crippen LogP contribution >= 0.6 is 0 Å². The summed E-state index contributed by atoms with van der Waals surface area (Å²) in [6, 6.07) is 16.8. The molecule has 1 saturated heterocycles. The van der Waals surface area contributed by atoms with Crippen molar-refractivity contribution in [3.63, 3.8) is 0 Å². The lowest BCUT2D eigenvalue weighted by atomic mass is 9.99. The second-order valence-corrected chi connectivity index (χ2v) is 7.91. The van der Waals surface area contributed by atoms with Crippen molar-refractivity contribution in [1.29, 1.82) is 0 Å². The van der Waals surface area contributed by atoms with Crippen LogP contribution in [0.5, 0.6) is 5.75 Å². The van der Waals surface area contributed by atoms with Crippen molar-refractivity contribution in [1.82, 2.24) is 4.90 Å². The Morgan fingerprint density at radius 3 is 2.65 bits per heavy atom. The zero-order chi connectivity index (χ0) is 21.8. The number of amides is 2. The summed E-state index contributed by atoms with van der Waals surface area (Å²) >= 11 is 0. The SMILES string of the molecule is Cc1cc(C)cc(C2CCCN2C(=O)COc2cccc(NC(=O)c3ccco3)c2)c1. The van der Waals surface area contributed by atoms with E-state index in [9.17, 15) is 9.59 Å². The fourth-order valence-corrected chi connectivity index (χ4v) is 4.11. The third kappa shape index (κ3) is 4.97. The second kappa shape index (κ2) is 9.08. The number of nitrogens with zero attached hydrogens (tertiary/aromatic N) is 1. The number of nitrogens with one attached hydrogen (secondary N) is 1. The molecule has 160 valence electrons. The third-order valence-electron chi connectivity index (χ3n) is 5.40. The first kappa shape index (κ1) is 20.7.